The van der Waals surface area contributed by atoms with E-state index >= 15 is 0 Å². The SMILES string of the molecule is [K+].[O-]c1ccc(Cl)cc1Cl. The largest absolute Gasteiger partial charge is 1.00 e. The molecule has 1 nitrogen and oxygen atoms in total. The molecule has 0 spiro atoms. The second kappa shape index (κ2) is 4.98. The van der Waals surface area contributed by atoms with Crippen LogP contribution in [0.1, 0.15) is 0 Å². The summed E-state index contributed by atoms with van der Waals surface area (Å²) in [5.41, 5.74) is 0. The van der Waals surface area contributed by atoms with Gasteiger partial charge in [-0.2, -0.15) is 0 Å². The fourth-order valence-electron chi connectivity index (χ4n) is 0.475. The number of hydrogen-bond acceptors (Lipinski definition) is 1. The first kappa shape index (κ1) is 11.2. The van der Waals surface area contributed by atoms with Crippen LogP contribution in [-0.2, 0) is 0 Å². The van der Waals surface area contributed by atoms with Crippen molar-refractivity contribution in [3.63, 3.8) is 0 Å². The van der Waals surface area contributed by atoms with E-state index in [1.54, 1.807) is 0 Å². The van der Waals surface area contributed by atoms with E-state index in [1.165, 1.54) is 18.2 Å². The second-order valence-corrected chi connectivity index (χ2v) is 2.42. The van der Waals surface area contributed by atoms with Gasteiger partial charge in [-0.05, 0) is 12.1 Å². The van der Waals surface area contributed by atoms with Gasteiger partial charge in [0, 0.05) is 10.0 Å². The summed E-state index contributed by atoms with van der Waals surface area (Å²) < 4.78 is 0. The molecule has 0 fully saturated rings. The minimum Gasteiger partial charge on any atom is -0.871 e. The monoisotopic (exact) mass is 200 g/mol. The van der Waals surface area contributed by atoms with Gasteiger partial charge in [0.2, 0.25) is 0 Å². The number of hydrogen-bond donors (Lipinski definition) is 0. The minimum absolute atomic E-state index is 0. The second-order valence-electron chi connectivity index (χ2n) is 1.57. The fourth-order valence-corrected chi connectivity index (χ4v) is 0.884. The summed E-state index contributed by atoms with van der Waals surface area (Å²) in [6.07, 6.45) is 0. The molecule has 0 N–H and O–H groups in total. The molecule has 0 saturated heterocycles. The Bertz CT molecular complexity index is 227. The molecule has 0 amide bonds. The Labute approximate surface area is 112 Å². The van der Waals surface area contributed by atoms with E-state index in [4.69, 9.17) is 23.2 Å². The number of rotatable bonds is 0. The Hall–Kier alpha value is 1.24. The third kappa shape index (κ3) is 3.09. The van der Waals surface area contributed by atoms with Crippen molar-refractivity contribution in [2.75, 3.05) is 0 Å². The molecule has 10 heavy (non-hydrogen) atoms. The van der Waals surface area contributed by atoms with Crippen molar-refractivity contribution in [1.82, 2.24) is 0 Å². The normalized spacial score (nSPS) is 8.60. The molecular formula is C6H3Cl2KO. The molecule has 1 aromatic carbocycles. The quantitative estimate of drug-likeness (QED) is 0.497. The van der Waals surface area contributed by atoms with E-state index < -0.39 is 0 Å². The van der Waals surface area contributed by atoms with E-state index in [2.05, 4.69) is 0 Å². The van der Waals surface area contributed by atoms with Crippen molar-refractivity contribution in [3.8, 4) is 5.75 Å². The predicted octanol–water partition coefficient (Wildman–Crippen LogP) is -0.929. The van der Waals surface area contributed by atoms with E-state index in [9.17, 15) is 5.11 Å². The maximum absolute atomic E-state index is 10.6. The van der Waals surface area contributed by atoms with Crippen LogP contribution in [0.25, 0.3) is 0 Å². The van der Waals surface area contributed by atoms with Gasteiger partial charge < -0.3 is 5.11 Å². The predicted molar refractivity (Wildman–Crippen MR) is 35.9 cm³/mol. The van der Waals surface area contributed by atoms with Gasteiger partial charge in [-0.1, -0.05) is 35.0 Å². The van der Waals surface area contributed by atoms with Gasteiger partial charge in [0.1, 0.15) is 0 Å². The minimum atomic E-state index is -0.193. The molecule has 0 saturated carbocycles. The van der Waals surface area contributed by atoms with Crippen molar-refractivity contribution >= 4 is 23.2 Å². The van der Waals surface area contributed by atoms with Crippen LogP contribution in [0.2, 0.25) is 10.0 Å². The number of benzene rings is 1. The summed E-state index contributed by atoms with van der Waals surface area (Å²) in [5.74, 6) is -0.193. The molecule has 0 aliphatic rings. The summed E-state index contributed by atoms with van der Waals surface area (Å²) in [7, 11) is 0. The van der Waals surface area contributed by atoms with Gasteiger partial charge >= 0.3 is 51.4 Å². The van der Waals surface area contributed by atoms with E-state index in [0.29, 0.717) is 5.02 Å². The zero-order valence-electron chi connectivity index (χ0n) is 5.40. The standard InChI is InChI=1S/C6H4Cl2O.K/c7-4-1-2-6(9)5(8)3-4;/h1-3,9H;/q;+1/p-1. The summed E-state index contributed by atoms with van der Waals surface area (Å²) in [5, 5.41) is 11.2. The molecule has 48 valence electrons. The van der Waals surface area contributed by atoms with Gasteiger partial charge in [-0.25, -0.2) is 0 Å². The fraction of sp³-hybridized carbons (Fsp3) is 0. The Morgan fingerprint density at radius 2 is 1.80 bits per heavy atom. The molecule has 1 aromatic rings. The molecule has 1 rings (SSSR count). The first-order valence-corrected chi connectivity index (χ1v) is 3.08. The first-order chi connectivity index (χ1) is 4.20. The van der Waals surface area contributed by atoms with Gasteiger partial charge in [0.05, 0.1) is 0 Å². The van der Waals surface area contributed by atoms with Gasteiger partial charge in [0.25, 0.3) is 0 Å². The van der Waals surface area contributed by atoms with Gasteiger partial charge in [-0.3, -0.25) is 0 Å². The van der Waals surface area contributed by atoms with E-state index in [1.807, 2.05) is 0 Å². The summed E-state index contributed by atoms with van der Waals surface area (Å²) in [6.45, 7) is 0. The van der Waals surface area contributed by atoms with Crippen LogP contribution in [0.15, 0.2) is 18.2 Å². The van der Waals surface area contributed by atoms with Crippen molar-refractivity contribution in [3.05, 3.63) is 28.2 Å². The topological polar surface area (TPSA) is 23.1 Å². The molecule has 0 radical (unpaired) electrons. The molecule has 0 aliphatic heterocycles. The molecule has 0 atom stereocenters. The average molecular weight is 201 g/mol. The third-order valence-electron chi connectivity index (χ3n) is 0.894. The molecule has 0 heterocycles. The zero-order chi connectivity index (χ0) is 6.85. The summed E-state index contributed by atoms with van der Waals surface area (Å²) >= 11 is 10.9. The summed E-state index contributed by atoms with van der Waals surface area (Å²) in [4.78, 5) is 0. The van der Waals surface area contributed by atoms with Crippen molar-refractivity contribution in [2.24, 2.45) is 0 Å². The zero-order valence-corrected chi connectivity index (χ0v) is 10.0. The van der Waals surface area contributed by atoms with Gasteiger partial charge in [0.15, 0.2) is 0 Å². The smallest absolute Gasteiger partial charge is 0.871 e. The maximum atomic E-state index is 10.6. The molecule has 0 aromatic heterocycles. The van der Waals surface area contributed by atoms with Crippen LogP contribution in [0.4, 0.5) is 0 Å². The molecule has 0 aliphatic carbocycles. The third-order valence-corrected chi connectivity index (χ3v) is 1.42. The van der Waals surface area contributed by atoms with Crippen molar-refractivity contribution in [2.45, 2.75) is 0 Å². The Kier molecular flexibility index (Phi) is 5.60. The van der Waals surface area contributed by atoms with Crippen LogP contribution >= 0.6 is 23.2 Å². The first-order valence-electron chi connectivity index (χ1n) is 2.32. The Morgan fingerprint density at radius 1 is 1.20 bits per heavy atom. The maximum Gasteiger partial charge on any atom is 1.00 e. The van der Waals surface area contributed by atoms with Gasteiger partial charge in [-0.15, -0.1) is 0 Å². The van der Waals surface area contributed by atoms with Crippen LogP contribution in [0.3, 0.4) is 0 Å². The van der Waals surface area contributed by atoms with Crippen molar-refractivity contribution in [1.29, 1.82) is 0 Å². The van der Waals surface area contributed by atoms with Crippen LogP contribution in [-0.4, -0.2) is 0 Å². The van der Waals surface area contributed by atoms with E-state index in [-0.39, 0.29) is 62.2 Å². The van der Waals surface area contributed by atoms with Crippen LogP contribution in [0.5, 0.6) is 5.75 Å². The average Bonchev–Trinajstić information content (AvgIpc) is 1.80. The Morgan fingerprint density at radius 3 is 2.20 bits per heavy atom. The molecule has 0 unspecified atom stereocenters. The number of halogens is 2. The molecular weight excluding hydrogens is 198 g/mol. The summed E-state index contributed by atoms with van der Waals surface area (Å²) in [6, 6.07) is 4.27. The van der Waals surface area contributed by atoms with Crippen LogP contribution in [0, 0.1) is 0 Å². The van der Waals surface area contributed by atoms with E-state index in [0.717, 1.165) is 0 Å². The molecule has 4 heteroatoms. The van der Waals surface area contributed by atoms with Crippen molar-refractivity contribution < 1.29 is 56.5 Å². The Balaban J connectivity index is 0.000000810. The molecule has 0 bridgehead atoms. The van der Waals surface area contributed by atoms with Crippen LogP contribution < -0.4 is 56.5 Å².